The smallest absolute Gasteiger partial charge is 0.255 e. The van der Waals surface area contributed by atoms with Crippen LogP contribution in [0, 0.1) is 11.7 Å². The lowest BCUT2D eigenvalue weighted by Gasteiger charge is -2.31. The van der Waals surface area contributed by atoms with Crippen molar-refractivity contribution in [3.8, 4) is 0 Å². The number of nitrogens with two attached hydrogens (primary N) is 1. The average Bonchev–Trinajstić information content (AvgIpc) is 2.41. The Balaban J connectivity index is 0.00000180. The van der Waals surface area contributed by atoms with E-state index in [4.69, 9.17) is 5.73 Å². The zero-order valence-corrected chi connectivity index (χ0v) is 12.8. The average molecular weight is 352 g/mol. The largest absolute Gasteiger partial charge is 0.339 e. The summed E-state index contributed by atoms with van der Waals surface area (Å²) < 4.78 is 13.8. The first-order chi connectivity index (χ1) is 8.61. The second-order valence-corrected chi connectivity index (χ2v) is 5.45. The third-order valence-corrected chi connectivity index (χ3v) is 4.09. The minimum absolute atomic E-state index is 0. The maximum absolute atomic E-state index is 13.2. The van der Waals surface area contributed by atoms with E-state index < -0.39 is 5.82 Å². The molecular formula is C13H17BrClFN2O. The predicted octanol–water partition coefficient (Wildman–Crippen LogP) is 2.82. The number of hydrogen-bond donors (Lipinski definition) is 1. The van der Waals surface area contributed by atoms with E-state index in [1.54, 1.807) is 11.0 Å². The van der Waals surface area contributed by atoms with Gasteiger partial charge in [-0.1, -0.05) is 0 Å². The summed E-state index contributed by atoms with van der Waals surface area (Å²) >= 11 is 3.29. The minimum atomic E-state index is -0.390. The van der Waals surface area contributed by atoms with E-state index in [2.05, 4.69) is 15.9 Å². The molecule has 19 heavy (non-hydrogen) atoms. The van der Waals surface area contributed by atoms with Crippen molar-refractivity contribution in [1.29, 1.82) is 0 Å². The van der Waals surface area contributed by atoms with E-state index in [0.717, 1.165) is 12.8 Å². The highest BCUT2D eigenvalue weighted by Gasteiger charge is 2.24. The molecule has 0 unspecified atom stereocenters. The quantitative estimate of drug-likeness (QED) is 0.890. The molecule has 1 aliphatic heterocycles. The Morgan fingerprint density at radius 2 is 2.05 bits per heavy atom. The van der Waals surface area contributed by atoms with Crippen LogP contribution in [0.5, 0.6) is 0 Å². The van der Waals surface area contributed by atoms with Crippen molar-refractivity contribution in [1.82, 2.24) is 4.90 Å². The maximum atomic E-state index is 13.2. The molecule has 0 bridgehead atoms. The molecule has 1 amide bonds. The lowest BCUT2D eigenvalue weighted by Crippen LogP contribution is -2.40. The first-order valence-electron chi connectivity index (χ1n) is 6.06. The van der Waals surface area contributed by atoms with Crippen LogP contribution in [0.4, 0.5) is 4.39 Å². The molecule has 0 saturated carbocycles. The van der Waals surface area contributed by atoms with Gasteiger partial charge in [-0.3, -0.25) is 4.79 Å². The molecule has 3 nitrogen and oxygen atoms in total. The van der Waals surface area contributed by atoms with Crippen LogP contribution >= 0.6 is 28.3 Å². The van der Waals surface area contributed by atoms with E-state index in [1.807, 2.05) is 0 Å². The molecule has 0 atom stereocenters. The van der Waals surface area contributed by atoms with E-state index in [-0.39, 0.29) is 18.3 Å². The second kappa shape index (κ2) is 7.22. The van der Waals surface area contributed by atoms with Crippen molar-refractivity contribution in [2.45, 2.75) is 12.8 Å². The topological polar surface area (TPSA) is 46.3 Å². The highest BCUT2D eigenvalue weighted by Crippen LogP contribution is 2.23. The molecule has 1 heterocycles. The van der Waals surface area contributed by atoms with E-state index in [9.17, 15) is 9.18 Å². The first-order valence-corrected chi connectivity index (χ1v) is 6.85. The van der Waals surface area contributed by atoms with Crippen LogP contribution < -0.4 is 5.73 Å². The van der Waals surface area contributed by atoms with Crippen molar-refractivity contribution in [3.05, 3.63) is 34.1 Å². The summed E-state index contributed by atoms with van der Waals surface area (Å²) in [5, 5.41) is 0. The molecule has 6 heteroatoms. The Labute approximate surface area is 126 Å². The minimum Gasteiger partial charge on any atom is -0.339 e. The number of nitrogens with zero attached hydrogens (tertiary/aromatic N) is 1. The van der Waals surface area contributed by atoms with E-state index >= 15 is 0 Å². The molecule has 0 aliphatic carbocycles. The van der Waals surface area contributed by atoms with Crippen molar-refractivity contribution in [3.63, 3.8) is 0 Å². The standard InChI is InChI=1S/C13H16BrFN2O.ClH/c14-12-2-1-10(15)7-11(12)13(18)17-5-3-9(8-16)4-6-17;/h1-2,7,9H,3-6,8,16H2;1H. The van der Waals surface area contributed by atoms with E-state index in [0.29, 0.717) is 35.6 Å². The number of carbonyl (C=O) groups is 1. The molecule has 0 radical (unpaired) electrons. The Hall–Kier alpha value is -0.650. The van der Waals surface area contributed by atoms with E-state index in [1.165, 1.54) is 12.1 Å². The molecule has 1 aromatic rings. The summed E-state index contributed by atoms with van der Waals surface area (Å²) in [5.41, 5.74) is 6.01. The second-order valence-electron chi connectivity index (χ2n) is 4.60. The number of carbonyl (C=O) groups excluding carboxylic acids is 1. The number of halogens is 3. The SMILES string of the molecule is Cl.NCC1CCN(C(=O)c2cc(F)ccc2Br)CC1. The van der Waals surface area contributed by atoms with Crippen molar-refractivity contribution >= 4 is 34.2 Å². The molecule has 1 saturated heterocycles. The van der Waals surface area contributed by atoms with Crippen molar-refractivity contribution in [2.24, 2.45) is 11.7 Å². The predicted molar refractivity (Wildman–Crippen MR) is 79.0 cm³/mol. The van der Waals surface area contributed by atoms with Gasteiger partial charge in [0, 0.05) is 17.6 Å². The van der Waals surface area contributed by atoms with Gasteiger partial charge in [0.05, 0.1) is 5.56 Å². The fourth-order valence-electron chi connectivity index (χ4n) is 2.20. The van der Waals surface area contributed by atoms with Crippen LogP contribution in [0.2, 0.25) is 0 Å². The highest BCUT2D eigenvalue weighted by molar-refractivity contribution is 9.10. The number of likely N-dealkylation sites (tertiary alicyclic amines) is 1. The van der Waals surface area contributed by atoms with Gasteiger partial charge in [0.1, 0.15) is 5.82 Å². The summed E-state index contributed by atoms with van der Waals surface area (Å²) in [7, 11) is 0. The zero-order chi connectivity index (χ0) is 13.1. The number of rotatable bonds is 2. The summed E-state index contributed by atoms with van der Waals surface area (Å²) in [6.45, 7) is 2.07. The van der Waals surface area contributed by atoms with Gasteiger partial charge in [-0.2, -0.15) is 0 Å². The molecule has 0 aromatic heterocycles. The molecule has 1 fully saturated rings. The lowest BCUT2D eigenvalue weighted by atomic mass is 9.96. The van der Waals surface area contributed by atoms with Crippen LogP contribution in [0.25, 0.3) is 0 Å². The third kappa shape index (κ3) is 3.91. The Bertz CT molecular complexity index is 450. The van der Waals surface area contributed by atoms with Crippen molar-refractivity contribution < 1.29 is 9.18 Å². The van der Waals surface area contributed by atoms with Crippen LogP contribution in [0.3, 0.4) is 0 Å². The molecule has 106 valence electrons. The third-order valence-electron chi connectivity index (χ3n) is 3.39. The van der Waals surface area contributed by atoms with Gasteiger partial charge in [0.2, 0.25) is 0 Å². The van der Waals surface area contributed by atoms with Gasteiger partial charge in [0.25, 0.3) is 5.91 Å². The Morgan fingerprint density at radius 1 is 1.42 bits per heavy atom. The number of piperidine rings is 1. The Kier molecular flexibility index (Phi) is 6.23. The molecule has 1 aromatic carbocycles. The van der Waals surface area contributed by atoms with Gasteiger partial charge in [0.15, 0.2) is 0 Å². The zero-order valence-electron chi connectivity index (χ0n) is 10.4. The summed E-state index contributed by atoms with van der Waals surface area (Å²) in [6, 6.07) is 4.18. The molecule has 1 aliphatic rings. The summed E-state index contributed by atoms with van der Waals surface area (Å²) in [6.07, 6.45) is 1.85. The molecular weight excluding hydrogens is 335 g/mol. The van der Waals surface area contributed by atoms with Crippen LogP contribution in [0.15, 0.2) is 22.7 Å². The Morgan fingerprint density at radius 3 is 2.63 bits per heavy atom. The number of hydrogen-bond acceptors (Lipinski definition) is 2. The van der Waals surface area contributed by atoms with Gasteiger partial charge in [-0.05, 0) is 59.4 Å². The van der Waals surface area contributed by atoms with Crippen LogP contribution in [0.1, 0.15) is 23.2 Å². The normalized spacial score (nSPS) is 16.1. The van der Waals surface area contributed by atoms with Gasteiger partial charge < -0.3 is 10.6 Å². The molecule has 0 spiro atoms. The summed E-state index contributed by atoms with van der Waals surface area (Å²) in [5.74, 6) is 0.000223. The number of amides is 1. The number of benzene rings is 1. The van der Waals surface area contributed by atoms with Crippen molar-refractivity contribution in [2.75, 3.05) is 19.6 Å². The summed E-state index contributed by atoms with van der Waals surface area (Å²) in [4.78, 5) is 14.0. The highest BCUT2D eigenvalue weighted by atomic mass is 79.9. The van der Waals surface area contributed by atoms with Gasteiger partial charge in [-0.25, -0.2) is 4.39 Å². The fourth-order valence-corrected chi connectivity index (χ4v) is 2.62. The van der Waals surface area contributed by atoms with Gasteiger partial charge in [-0.15, -0.1) is 12.4 Å². The monoisotopic (exact) mass is 350 g/mol. The fraction of sp³-hybridized carbons (Fsp3) is 0.462. The molecule has 2 rings (SSSR count). The first kappa shape index (κ1) is 16.4. The van der Waals surface area contributed by atoms with Gasteiger partial charge >= 0.3 is 0 Å². The maximum Gasteiger partial charge on any atom is 0.255 e. The molecule has 2 N–H and O–H groups in total. The van der Waals surface area contributed by atoms with Crippen LogP contribution in [-0.2, 0) is 0 Å². The van der Waals surface area contributed by atoms with Crippen LogP contribution in [-0.4, -0.2) is 30.4 Å². The lowest BCUT2D eigenvalue weighted by molar-refractivity contribution is 0.0692.